The summed E-state index contributed by atoms with van der Waals surface area (Å²) in [7, 11) is 0. The number of aromatic nitrogens is 2. The lowest BCUT2D eigenvalue weighted by molar-refractivity contribution is 0.303. The second-order valence-corrected chi connectivity index (χ2v) is 8.66. The van der Waals surface area contributed by atoms with Crippen molar-refractivity contribution in [3.8, 4) is 22.4 Å². The average molecular weight is 402 g/mol. The highest BCUT2D eigenvalue weighted by molar-refractivity contribution is 5.84. The van der Waals surface area contributed by atoms with Crippen LogP contribution in [0.2, 0.25) is 0 Å². The number of halogens is 1. The van der Waals surface area contributed by atoms with Crippen LogP contribution in [0.3, 0.4) is 0 Å². The highest BCUT2D eigenvalue weighted by Crippen LogP contribution is 2.43. The molecule has 30 heavy (non-hydrogen) atoms. The molecule has 0 radical (unpaired) electrons. The number of rotatable bonds is 5. The van der Waals surface area contributed by atoms with Crippen molar-refractivity contribution in [2.24, 2.45) is 5.92 Å². The van der Waals surface area contributed by atoms with Gasteiger partial charge in [0.05, 0.1) is 5.69 Å². The number of H-pyrrole nitrogens is 1. The minimum absolute atomic E-state index is 0.214. The average Bonchev–Trinajstić information content (AvgIpc) is 3.38. The monoisotopic (exact) mass is 401 g/mol. The maximum absolute atomic E-state index is 13.5. The van der Waals surface area contributed by atoms with Crippen molar-refractivity contribution in [2.45, 2.75) is 44.6 Å². The summed E-state index contributed by atoms with van der Waals surface area (Å²) in [5, 5.41) is 0. The van der Waals surface area contributed by atoms with Crippen LogP contribution in [0.25, 0.3) is 22.4 Å². The molecule has 1 unspecified atom stereocenters. The summed E-state index contributed by atoms with van der Waals surface area (Å²) >= 11 is 0. The lowest BCUT2D eigenvalue weighted by Gasteiger charge is -2.31. The van der Waals surface area contributed by atoms with Gasteiger partial charge in [0.25, 0.3) is 0 Å². The molecule has 1 saturated heterocycles. The largest absolute Gasteiger partial charge is 0.374 e. The third-order valence-corrected chi connectivity index (χ3v) is 6.69. The molecule has 2 aliphatic rings. The number of hydrogen-bond acceptors (Lipinski definition) is 2. The summed E-state index contributed by atoms with van der Waals surface area (Å²) in [5.41, 5.74) is 5.71. The van der Waals surface area contributed by atoms with Gasteiger partial charge in [-0.05, 0) is 84.5 Å². The van der Waals surface area contributed by atoms with Crippen molar-refractivity contribution in [1.29, 1.82) is 0 Å². The summed E-state index contributed by atoms with van der Waals surface area (Å²) in [6, 6.07) is 11.5. The van der Waals surface area contributed by atoms with Crippen molar-refractivity contribution in [1.82, 2.24) is 14.9 Å². The smallest absolute Gasteiger partial charge is 0.123 e. The molecule has 5 rings (SSSR count). The number of pyridine rings is 1. The Balaban J connectivity index is 1.52. The zero-order valence-electron chi connectivity index (χ0n) is 17.4. The predicted molar refractivity (Wildman–Crippen MR) is 119 cm³/mol. The Kier molecular flexibility index (Phi) is 5.16. The third-order valence-electron chi connectivity index (χ3n) is 6.69. The zero-order valence-corrected chi connectivity index (χ0v) is 17.4. The molecule has 3 atom stereocenters. The molecule has 0 amide bonds. The molecule has 0 saturated carbocycles. The van der Waals surface area contributed by atoms with Crippen LogP contribution in [-0.2, 0) is 0 Å². The quantitative estimate of drug-likeness (QED) is 0.538. The Hall–Kier alpha value is -2.88. The Morgan fingerprint density at radius 1 is 1.07 bits per heavy atom. The second kappa shape index (κ2) is 8.10. The van der Waals surface area contributed by atoms with Crippen LogP contribution in [0, 0.1) is 11.7 Å². The normalized spacial score (nSPS) is 23.0. The fraction of sp³-hybridized carbons (Fsp3) is 0.346. The first-order chi connectivity index (χ1) is 14.7. The minimum Gasteiger partial charge on any atom is -0.374 e. The van der Waals surface area contributed by atoms with Crippen molar-refractivity contribution in [3.05, 3.63) is 78.6 Å². The van der Waals surface area contributed by atoms with Crippen LogP contribution in [0.15, 0.2) is 67.3 Å². The molecular weight excluding hydrogens is 373 g/mol. The van der Waals surface area contributed by atoms with Crippen molar-refractivity contribution in [2.75, 3.05) is 6.54 Å². The minimum atomic E-state index is -0.214. The van der Waals surface area contributed by atoms with E-state index in [1.165, 1.54) is 49.1 Å². The predicted octanol–water partition coefficient (Wildman–Crippen LogP) is 6.37. The molecule has 0 aliphatic carbocycles. The lowest BCUT2D eigenvalue weighted by atomic mass is 9.85. The zero-order chi connectivity index (χ0) is 20.5. The Labute approximate surface area is 177 Å². The molecule has 3 nitrogen and oxygen atoms in total. The number of benzene rings is 1. The molecule has 4 heterocycles. The highest BCUT2D eigenvalue weighted by Gasteiger charge is 2.35. The number of nitrogens with one attached hydrogen (secondary N) is 1. The third kappa shape index (κ3) is 3.55. The molecule has 1 fully saturated rings. The van der Waals surface area contributed by atoms with Gasteiger partial charge in [-0.1, -0.05) is 19.4 Å². The van der Waals surface area contributed by atoms with E-state index < -0.39 is 0 Å². The van der Waals surface area contributed by atoms with E-state index in [1.807, 2.05) is 24.5 Å². The van der Waals surface area contributed by atoms with Gasteiger partial charge in [0, 0.05) is 42.7 Å². The molecule has 0 spiro atoms. The maximum Gasteiger partial charge on any atom is 0.123 e. The number of aromatic amines is 1. The van der Waals surface area contributed by atoms with Gasteiger partial charge in [-0.15, -0.1) is 0 Å². The van der Waals surface area contributed by atoms with E-state index in [4.69, 9.17) is 0 Å². The molecule has 1 N–H and O–H groups in total. The summed E-state index contributed by atoms with van der Waals surface area (Å²) in [4.78, 5) is 10.3. The van der Waals surface area contributed by atoms with E-state index in [0.29, 0.717) is 12.0 Å². The summed E-state index contributed by atoms with van der Waals surface area (Å²) in [6.07, 6.45) is 15.6. The van der Waals surface area contributed by atoms with Crippen molar-refractivity contribution < 1.29 is 4.39 Å². The molecular formula is C26H28FN3. The summed E-state index contributed by atoms with van der Waals surface area (Å²) in [5.74, 6) is 0.985. The SMILES string of the molecule is CCC[C@@H]1C[C@H]2CC(c3c[nH]c(-c4ccc(F)cc4)c3-c3ccncc3)C=CN2C1. The Morgan fingerprint density at radius 2 is 1.87 bits per heavy atom. The van der Waals surface area contributed by atoms with E-state index >= 15 is 0 Å². The van der Waals surface area contributed by atoms with E-state index in [2.05, 4.69) is 52.4 Å². The molecule has 0 bridgehead atoms. The van der Waals surface area contributed by atoms with Gasteiger partial charge in [0.1, 0.15) is 5.82 Å². The Bertz CT molecular complexity index is 1020. The summed E-state index contributed by atoms with van der Waals surface area (Å²) in [6.45, 7) is 3.49. The molecule has 2 aromatic heterocycles. The topological polar surface area (TPSA) is 31.9 Å². The first-order valence-electron chi connectivity index (χ1n) is 11.0. The molecule has 3 aromatic rings. The number of hydrogen-bond donors (Lipinski definition) is 1. The Morgan fingerprint density at radius 3 is 2.63 bits per heavy atom. The van der Waals surface area contributed by atoms with Gasteiger partial charge in [-0.3, -0.25) is 4.98 Å². The van der Waals surface area contributed by atoms with Crippen LogP contribution in [0.5, 0.6) is 0 Å². The fourth-order valence-electron chi connectivity index (χ4n) is 5.30. The van der Waals surface area contributed by atoms with Gasteiger partial charge in [-0.25, -0.2) is 4.39 Å². The molecule has 2 aliphatic heterocycles. The maximum atomic E-state index is 13.5. The van der Waals surface area contributed by atoms with E-state index in [-0.39, 0.29) is 5.82 Å². The van der Waals surface area contributed by atoms with Crippen LogP contribution in [0.4, 0.5) is 4.39 Å². The molecule has 4 heteroatoms. The van der Waals surface area contributed by atoms with Crippen LogP contribution < -0.4 is 0 Å². The highest BCUT2D eigenvalue weighted by atomic mass is 19.1. The summed E-state index contributed by atoms with van der Waals surface area (Å²) < 4.78 is 13.5. The standard InChI is InChI=1S/C26H28FN3/c1-2-3-18-14-23-15-21(10-13-30(23)17-18)24-16-29-26(20-4-6-22(27)7-5-20)25(24)19-8-11-28-12-9-19/h4-13,16,18,21,23,29H,2-3,14-15,17H2,1H3/t18-,21?,23+/m1/s1. The van der Waals surface area contributed by atoms with Crippen molar-refractivity contribution in [3.63, 3.8) is 0 Å². The number of nitrogens with zero attached hydrogens (tertiary/aromatic N) is 2. The first-order valence-corrected chi connectivity index (χ1v) is 11.0. The van der Waals surface area contributed by atoms with Crippen LogP contribution in [0.1, 0.15) is 44.1 Å². The van der Waals surface area contributed by atoms with Gasteiger partial charge in [0.2, 0.25) is 0 Å². The first kappa shape index (κ1) is 19.1. The lowest BCUT2D eigenvalue weighted by Crippen LogP contribution is -2.29. The van der Waals surface area contributed by atoms with E-state index in [1.54, 1.807) is 0 Å². The number of allylic oxidation sites excluding steroid dienone is 1. The number of fused-ring (bicyclic) bond motifs is 1. The molecule has 154 valence electrons. The molecule has 1 aromatic carbocycles. The van der Waals surface area contributed by atoms with Gasteiger partial charge in [-0.2, -0.15) is 0 Å². The second-order valence-electron chi connectivity index (χ2n) is 8.66. The van der Waals surface area contributed by atoms with E-state index in [9.17, 15) is 4.39 Å². The van der Waals surface area contributed by atoms with Gasteiger partial charge in [0.15, 0.2) is 0 Å². The van der Waals surface area contributed by atoms with Gasteiger partial charge < -0.3 is 9.88 Å². The fourth-order valence-corrected chi connectivity index (χ4v) is 5.30. The van der Waals surface area contributed by atoms with Gasteiger partial charge >= 0.3 is 0 Å². The van der Waals surface area contributed by atoms with Crippen LogP contribution in [-0.4, -0.2) is 27.5 Å². The van der Waals surface area contributed by atoms with Crippen molar-refractivity contribution >= 4 is 0 Å². The van der Waals surface area contributed by atoms with Crippen LogP contribution >= 0.6 is 0 Å². The van der Waals surface area contributed by atoms with E-state index in [0.717, 1.165) is 29.2 Å².